The number of aliphatic imine (C=N–C) groups is 1. The minimum atomic E-state index is -1.67. The van der Waals surface area contributed by atoms with Crippen LogP contribution in [-0.2, 0) is 0 Å². The molecule has 3 aromatic rings. The Morgan fingerprint density at radius 2 is 1.08 bits per heavy atom. The molecule has 0 amide bonds. The highest BCUT2D eigenvalue weighted by Crippen LogP contribution is 2.42. The Morgan fingerprint density at radius 1 is 0.649 bits per heavy atom. The molecule has 12 heteroatoms. The van der Waals surface area contributed by atoms with Crippen molar-refractivity contribution in [3.05, 3.63) is 71.3 Å². The number of hydrogen-bond acceptors (Lipinski definition) is 4. The molecule has 6 N–H and O–H groups in total. The number of guanidine groups is 1. The Morgan fingerprint density at radius 3 is 1.49 bits per heavy atom. The Labute approximate surface area is 208 Å². The number of halogens is 6. The third-order valence-electron chi connectivity index (χ3n) is 5.13. The van der Waals surface area contributed by atoms with E-state index in [4.69, 9.17) is 26.7 Å². The summed E-state index contributed by atoms with van der Waals surface area (Å²) < 4.78 is 95.0. The van der Waals surface area contributed by atoms with Crippen LogP contribution in [0.15, 0.2) is 41.4 Å². The zero-order valence-electron chi connectivity index (χ0n) is 19.5. The van der Waals surface area contributed by atoms with Crippen molar-refractivity contribution < 1.29 is 35.8 Å². The minimum absolute atomic E-state index is 0.0472. The fraction of sp³-hybridized carbons (Fsp3) is 0.240. The second-order valence-electron chi connectivity index (χ2n) is 7.85. The largest absolute Gasteiger partial charge is 0.493 e. The van der Waals surface area contributed by atoms with Gasteiger partial charge in [-0.1, -0.05) is 0 Å². The highest BCUT2D eigenvalue weighted by molar-refractivity contribution is 5.82. The Kier molecular flexibility index (Phi) is 9.23. The first-order valence-corrected chi connectivity index (χ1v) is 11.1. The molecule has 0 atom stereocenters. The van der Waals surface area contributed by atoms with Gasteiger partial charge in [0.2, 0.25) is 0 Å². The molecule has 37 heavy (non-hydrogen) atoms. The predicted octanol–water partition coefficient (Wildman–Crippen LogP) is 4.63. The molecule has 3 rings (SSSR count). The Hall–Kier alpha value is -3.93. The van der Waals surface area contributed by atoms with Crippen molar-refractivity contribution in [1.82, 2.24) is 0 Å². The first kappa shape index (κ1) is 27.7. The lowest BCUT2D eigenvalue weighted by atomic mass is 9.96. The molecule has 0 bridgehead atoms. The van der Waals surface area contributed by atoms with E-state index in [1.165, 1.54) is 12.1 Å². The number of hydrogen-bond donors (Lipinski definition) is 3. The zero-order valence-corrected chi connectivity index (χ0v) is 19.5. The lowest BCUT2D eigenvalue weighted by molar-refractivity contribution is 0.299. The van der Waals surface area contributed by atoms with E-state index in [0.717, 1.165) is 24.3 Å². The van der Waals surface area contributed by atoms with Crippen LogP contribution in [0.1, 0.15) is 12.8 Å². The topological polar surface area (TPSA) is 109 Å². The summed E-state index contributed by atoms with van der Waals surface area (Å²) in [6, 6.07) is 5.61. The van der Waals surface area contributed by atoms with E-state index in [0.29, 0.717) is 12.8 Å². The Balaban J connectivity index is 2.17. The smallest absolute Gasteiger partial charge is 0.194 e. The SMILES string of the molecule is NCCCOc1cc(OCCCN=C(N)N)c(-c2cc(F)c(F)c(F)c2)cc1-c1cc(F)c(F)c(F)c1. The van der Waals surface area contributed by atoms with Crippen molar-refractivity contribution in [3.8, 4) is 33.8 Å². The molecular formula is C25H24F6N4O2. The van der Waals surface area contributed by atoms with Crippen LogP contribution < -0.4 is 26.7 Å². The minimum Gasteiger partial charge on any atom is -0.493 e. The number of rotatable bonds is 11. The quantitative estimate of drug-likeness (QED) is 0.111. The lowest BCUT2D eigenvalue weighted by Gasteiger charge is -2.19. The lowest BCUT2D eigenvalue weighted by Crippen LogP contribution is -2.23. The van der Waals surface area contributed by atoms with Gasteiger partial charge in [-0.05, 0) is 54.4 Å². The molecule has 0 heterocycles. The molecule has 198 valence electrons. The van der Waals surface area contributed by atoms with Crippen molar-refractivity contribution >= 4 is 5.96 Å². The highest BCUT2D eigenvalue weighted by Gasteiger charge is 2.21. The predicted molar refractivity (Wildman–Crippen MR) is 127 cm³/mol. The van der Waals surface area contributed by atoms with Crippen molar-refractivity contribution in [2.24, 2.45) is 22.2 Å². The van der Waals surface area contributed by atoms with Gasteiger partial charge in [-0.3, -0.25) is 4.99 Å². The van der Waals surface area contributed by atoms with Crippen LogP contribution in [0.2, 0.25) is 0 Å². The van der Waals surface area contributed by atoms with Crippen molar-refractivity contribution in [2.45, 2.75) is 12.8 Å². The first-order valence-electron chi connectivity index (χ1n) is 11.1. The van der Waals surface area contributed by atoms with Gasteiger partial charge in [0, 0.05) is 30.2 Å². The zero-order chi connectivity index (χ0) is 27.1. The van der Waals surface area contributed by atoms with Crippen LogP contribution in [0, 0.1) is 34.9 Å². The fourth-order valence-corrected chi connectivity index (χ4v) is 3.39. The van der Waals surface area contributed by atoms with Crippen LogP contribution in [0.5, 0.6) is 11.5 Å². The number of ether oxygens (including phenoxy) is 2. The van der Waals surface area contributed by atoms with Crippen LogP contribution in [0.4, 0.5) is 26.3 Å². The third kappa shape index (κ3) is 6.85. The van der Waals surface area contributed by atoms with Crippen LogP contribution >= 0.6 is 0 Å². The van der Waals surface area contributed by atoms with E-state index in [-0.39, 0.29) is 66.0 Å². The molecule has 0 unspecified atom stereocenters. The van der Waals surface area contributed by atoms with E-state index in [9.17, 15) is 26.3 Å². The monoisotopic (exact) mass is 526 g/mol. The van der Waals surface area contributed by atoms with Gasteiger partial charge < -0.3 is 26.7 Å². The van der Waals surface area contributed by atoms with Gasteiger partial charge in [0.05, 0.1) is 13.2 Å². The summed E-state index contributed by atoms with van der Waals surface area (Å²) in [6.07, 6.45) is 0.777. The molecular weight excluding hydrogens is 502 g/mol. The van der Waals surface area contributed by atoms with Gasteiger partial charge in [-0.25, -0.2) is 26.3 Å². The number of nitrogens with two attached hydrogens (primary N) is 3. The maximum atomic E-state index is 14.1. The normalized spacial score (nSPS) is 10.9. The van der Waals surface area contributed by atoms with Gasteiger partial charge in [-0.15, -0.1) is 0 Å². The molecule has 0 saturated carbocycles. The standard InChI is InChI=1S/C25H24F6N4O2/c26-17-7-13(8-18(27)23(17)30)15-11-16(14-9-19(28)24(31)20(29)10-14)22(12-21(15)36-5-1-3-32)37-6-2-4-35-25(33)34/h7-12H,1-6,32H2,(H4,33,34,35). The molecule has 3 aromatic carbocycles. The van der Waals surface area contributed by atoms with E-state index in [1.54, 1.807) is 0 Å². The molecule has 6 nitrogen and oxygen atoms in total. The summed E-state index contributed by atoms with van der Waals surface area (Å²) in [7, 11) is 0. The average molecular weight is 526 g/mol. The van der Waals surface area contributed by atoms with Crippen molar-refractivity contribution in [3.63, 3.8) is 0 Å². The average Bonchev–Trinajstić information content (AvgIpc) is 2.85. The van der Waals surface area contributed by atoms with E-state index in [2.05, 4.69) is 4.99 Å². The summed E-state index contributed by atoms with van der Waals surface area (Å²) >= 11 is 0. The molecule has 0 aromatic heterocycles. The molecule has 0 fully saturated rings. The summed E-state index contributed by atoms with van der Waals surface area (Å²) in [5.41, 5.74) is 15.9. The van der Waals surface area contributed by atoms with Gasteiger partial charge in [0.15, 0.2) is 40.9 Å². The third-order valence-corrected chi connectivity index (χ3v) is 5.13. The fourth-order valence-electron chi connectivity index (χ4n) is 3.39. The van der Waals surface area contributed by atoms with E-state index < -0.39 is 34.9 Å². The summed E-state index contributed by atoms with van der Waals surface area (Å²) in [4.78, 5) is 3.83. The Bertz CT molecular complexity index is 1250. The molecule has 0 radical (unpaired) electrons. The highest BCUT2D eigenvalue weighted by atomic mass is 19.2. The summed E-state index contributed by atoms with van der Waals surface area (Å²) in [6.45, 7) is 0.676. The molecule has 0 spiro atoms. The van der Waals surface area contributed by atoms with E-state index in [1.807, 2.05) is 0 Å². The maximum absolute atomic E-state index is 14.1. The van der Waals surface area contributed by atoms with Crippen LogP contribution in [-0.4, -0.2) is 32.3 Å². The van der Waals surface area contributed by atoms with Gasteiger partial charge in [0.1, 0.15) is 11.5 Å². The second kappa shape index (κ2) is 12.3. The van der Waals surface area contributed by atoms with E-state index >= 15 is 0 Å². The molecule has 0 aliphatic rings. The van der Waals surface area contributed by atoms with Crippen molar-refractivity contribution in [1.29, 1.82) is 0 Å². The van der Waals surface area contributed by atoms with Gasteiger partial charge in [-0.2, -0.15) is 0 Å². The number of benzene rings is 3. The van der Waals surface area contributed by atoms with Gasteiger partial charge in [0.25, 0.3) is 0 Å². The van der Waals surface area contributed by atoms with Crippen LogP contribution in [0.25, 0.3) is 22.3 Å². The number of nitrogens with zero attached hydrogens (tertiary/aromatic N) is 1. The second-order valence-corrected chi connectivity index (χ2v) is 7.85. The molecule has 0 aliphatic heterocycles. The molecule has 0 saturated heterocycles. The summed E-state index contributed by atoms with van der Waals surface area (Å²) in [5.74, 6) is -9.15. The first-order chi connectivity index (χ1) is 17.6. The summed E-state index contributed by atoms with van der Waals surface area (Å²) in [5, 5.41) is 0. The maximum Gasteiger partial charge on any atom is 0.194 e. The molecule has 0 aliphatic carbocycles. The van der Waals surface area contributed by atoms with Crippen molar-refractivity contribution in [2.75, 3.05) is 26.3 Å². The van der Waals surface area contributed by atoms with Gasteiger partial charge >= 0.3 is 0 Å². The van der Waals surface area contributed by atoms with Crippen LogP contribution in [0.3, 0.4) is 0 Å².